The third-order valence-electron chi connectivity index (χ3n) is 3.82. The fourth-order valence-corrected chi connectivity index (χ4v) is 2.57. The Morgan fingerprint density at radius 3 is 2.33 bits per heavy atom. The molecular weight excluding hydrogens is 302 g/mol. The molecule has 1 N–H and O–H groups in total. The second-order valence-corrected chi connectivity index (χ2v) is 5.77. The van der Waals surface area contributed by atoms with E-state index in [0.29, 0.717) is 22.2 Å². The summed E-state index contributed by atoms with van der Waals surface area (Å²) in [6.07, 6.45) is 0. The molecule has 5 nitrogen and oxygen atoms in total. The molecular formula is C19H17N3O2. The lowest BCUT2D eigenvalue weighted by molar-refractivity contribution is -0.114. The van der Waals surface area contributed by atoms with E-state index in [-0.39, 0.29) is 17.4 Å². The Kier molecular flexibility index (Phi) is 4.08. The number of aryl methyl sites for hydroxylation is 2. The molecule has 0 unspecified atom stereocenters. The predicted octanol–water partition coefficient (Wildman–Crippen LogP) is 3.44. The molecule has 5 heteroatoms. The Balaban J connectivity index is 2.21. The van der Waals surface area contributed by atoms with Gasteiger partial charge < -0.3 is 5.32 Å². The zero-order chi connectivity index (χ0) is 17.3. The summed E-state index contributed by atoms with van der Waals surface area (Å²) in [6, 6.07) is 12.8. The van der Waals surface area contributed by atoms with Gasteiger partial charge in [-0.3, -0.25) is 9.59 Å². The van der Waals surface area contributed by atoms with Crippen molar-refractivity contribution in [3.63, 3.8) is 0 Å². The molecule has 2 aromatic carbocycles. The maximum Gasteiger partial charge on any atom is 0.221 e. The van der Waals surface area contributed by atoms with Crippen LogP contribution in [0.5, 0.6) is 0 Å². The van der Waals surface area contributed by atoms with Crippen LogP contribution < -0.4 is 5.32 Å². The quantitative estimate of drug-likeness (QED) is 0.751. The van der Waals surface area contributed by atoms with Gasteiger partial charge >= 0.3 is 0 Å². The van der Waals surface area contributed by atoms with E-state index in [1.807, 2.05) is 44.2 Å². The Bertz CT molecular complexity index is 947. The van der Waals surface area contributed by atoms with Crippen molar-refractivity contribution < 1.29 is 9.59 Å². The summed E-state index contributed by atoms with van der Waals surface area (Å²) < 4.78 is 0. The minimum absolute atomic E-state index is 0.146. The Hall–Kier alpha value is -3.08. The molecule has 0 saturated carbocycles. The van der Waals surface area contributed by atoms with Gasteiger partial charge in [-0.2, -0.15) is 0 Å². The highest BCUT2D eigenvalue weighted by atomic mass is 16.1. The topological polar surface area (TPSA) is 72.0 Å². The van der Waals surface area contributed by atoms with E-state index in [9.17, 15) is 9.59 Å². The third-order valence-corrected chi connectivity index (χ3v) is 3.82. The molecule has 0 atom stereocenters. The van der Waals surface area contributed by atoms with E-state index >= 15 is 0 Å². The van der Waals surface area contributed by atoms with Gasteiger partial charge in [0.05, 0.1) is 11.2 Å². The largest absolute Gasteiger partial charge is 0.324 e. The van der Waals surface area contributed by atoms with Crippen molar-refractivity contribution in [2.45, 2.75) is 20.8 Å². The maximum absolute atomic E-state index is 12.8. The molecule has 0 radical (unpaired) electrons. The summed E-state index contributed by atoms with van der Waals surface area (Å²) in [7, 11) is 0. The fraction of sp³-hybridized carbons (Fsp3) is 0.158. The SMILES string of the molecule is CC(=O)Nc1c(C(=O)c2ccc(C)cc2)nnc2c(C)cccc12. The van der Waals surface area contributed by atoms with Crippen LogP contribution in [-0.4, -0.2) is 21.9 Å². The highest BCUT2D eigenvalue weighted by Crippen LogP contribution is 2.28. The molecule has 0 aliphatic heterocycles. The minimum atomic E-state index is -0.269. The number of hydrogen-bond acceptors (Lipinski definition) is 4. The lowest BCUT2D eigenvalue weighted by Gasteiger charge is -2.12. The molecule has 1 amide bonds. The number of hydrogen-bond donors (Lipinski definition) is 1. The standard InChI is InChI=1S/C19H17N3O2/c1-11-7-9-14(10-8-11)19(24)18-17(20-13(3)23)15-6-4-5-12(2)16(15)21-22-18/h4-10H,1-3H3,(H,20,21,23). The van der Waals surface area contributed by atoms with Gasteiger partial charge in [0.25, 0.3) is 0 Å². The van der Waals surface area contributed by atoms with Crippen LogP contribution >= 0.6 is 0 Å². The van der Waals surface area contributed by atoms with Crippen LogP contribution in [0.4, 0.5) is 5.69 Å². The van der Waals surface area contributed by atoms with Crippen molar-refractivity contribution in [3.8, 4) is 0 Å². The summed E-state index contributed by atoms with van der Waals surface area (Å²) in [4.78, 5) is 24.5. The van der Waals surface area contributed by atoms with Crippen molar-refractivity contribution in [2.24, 2.45) is 0 Å². The van der Waals surface area contributed by atoms with Crippen molar-refractivity contribution in [1.82, 2.24) is 10.2 Å². The fourth-order valence-electron chi connectivity index (χ4n) is 2.57. The second-order valence-electron chi connectivity index (χ2n) is 5.77. The molecule has 1 heterocycles. The van der Waals surface area contributed by atoms with Crippen LogP contribution in [-0.2, 0) is 4.79 Å². The van der Waals surface area contributed by atoms with Crippen LogP contribution in [0.2, 0.25) is 0 Å². The highest BCUT2D eigenvalue weighted by Gasteiger charge is 2.20. The first-order valence-electron chi connectivity index (χ1n) is 7.62. The normalized spacial score (nSPS) is 10.6. The predicted molar refractivity (Wildman–Crippen MR) is 93.2 cm³/mol. The summed E-state index contributed by atoms with van der Waals surface area (Å²) in [5.74, 6) is -0.529. The first kappa shape index (κ1) is 15.8. The van der Waals surface area contributed by atoms with Crippen molar-refractivity contribution in [1.29, 1.82) is 0 Å². The van der Waals surface area contributed by atoms with E-state index in [0.717, 1.165) is 11.1 Å². The zero-order valence-corrected chi connectivity index (χ0v) is 13.8. The Morgan fingerprint density at radius 2 is 1.67 bits per heavy atom. The van der Waals surface area contributed by atoms with Gasteiger partial charge in [0, 0.05) is 17.9 Å². The summed E-state index contributed by atoms with van der Waals surface area (Å²) >= 11 is 0. The number of amides is 1. The van der Waals surface area contributed by atoms with Gasteiger partial charge in [-0.25, -0.2) is 0 Å². The number of fused-ring (bicyclic) bond motifs is 1. The molecule has 0 fully saturated rings. The first-order chi connectivity index (χ1) is 11.5. The molecule has 3 rings (SSSR count). The molecule has 24 heavy (non-hydrogen) atoms. The average Bonchev–Trinajstić information content (AvgIpc) is 2.55. The number of rotatable bonds is 3. The van der Waals surface area contributed by atoms with Crippen LogP contribution in [0.25, 0.3) is 10.9 Å². The van der Waals surface area contributed by atoms with Gasteiger partial charge in [-0.05, 0) is 19.4 Å². The number of nitrogens with zero attached hydrogens (tertiary/aromatic N) is 2. The van der Waals surface area contributed by atoms with E-state index in [2.05, 4.69) is 15.5 Å². The van der Waals surface area contributed by atoms with Gasteiger partial charge in [-0.1, -0.05) is 48.0 Å². The Labute approximate surface area is 139 Å². The van der Waals surface area contributed by atoms with Gasteiger partial charge in [0.2, 0.25) is 11.7 Å². The van der Waals surface area contributed by atoms with Crippen molar-refractivity contribution >= 4 is 28.3 Å². The van der Waals surface area contributed by atoms with E-state index in [1.54, 1.807) is 12.1 Å². The summed E-state index contributed by atoms with van der Waals surface area (Å²) in [6.45, 7) is 5.27. The second kappa shape index (κ2) is 6.20. The van der Waals surface area contributed by atoms with Gasteiger partial charge in [0.1, 0.15) is 0 Å². The van der Waals surface area contributed by atoms with Crippen molar-refractivity contribution in [2.75, 3.05) is 5.32 Å². The molecule has 0 spiro atoms. The van der Waals surface area contributed by atoms with Crippen LogP contribution in [0.15, 0.2) is 42.5 Å². The van der Waals surface area contributed by atoms with Crippen LogP contribution in [0, 0.1) is 13.8 Å². The lowest BCUT2D eigenvalue weighted by Crippen LogP contribution is -2.15. The number of aromatic nitrogens is 2. The molecule has 0 aliphatic carbocycles. The van der Waals surface area contributed by atoms with E-state index in [4.69, 9.17) is 0 Å². The minimum Gasteiger partial charge on any atom is -0.324 e. The summed E-state index contributed by atoms with van der Waals surface area (Å²) in [5.41, 5.74) is 3.72. The smallest absolute Gasteiger partial charge is 0.221 e. The Morgan fingerprint density at radius 1 is 0.958 bits per heavy atom. The maximum atomic E-state index is 12.8. The number of anilines is 1. The van der Waals surface area contributed by atoms with Crippen LogP contribution in [0.1, 0.15) is 34.1 Å². The summed E-state index contributed by atoms with van der Waals surface area (Å²) in [5, 5.41) is 11.7. The zero-order valence-electron chi connectivity index (χ0n) is 13.8. The number of carbonyl (C=O) groups is 2. The molecule has 0 aliphatic rings. The third kappa shape index (κ3) is 2.88. The van der Waals surface area contributed by atoms with E-state index < -0.39 is 0 Å². The monoisotopic (exact) mass is 319 g/mol. The molecule has 0 saturated heterocycles. The molecule has 3 aromatic rings. The first-order valence-corrected chi connectivity index (χ1v) is 7.62. The van der Waals surface area contributed by atoms with E-state index in [1.165, 1.54) is 6.92 Å². The molecule has 0 bridgehead atoms. The number of carbonyl (C=O) groups excluding carboxylic acids is 2. The number of ketones is 1. The van der Waals surface area contributed by atoms with Crippen LogP contribution in [0.3, 0.4) is 0 Å². The number of nitrogens with one attached hydrogen (secondary N) is 1. The molecule has 1 aromatic heterocycles. The average molecular weight is 319 g/mol. The lowest BCUT2D eigenvalue weighted by atomic mass is 10.0. The highest BCUT2D eigenvalue weighted by molar-refractivity contribution is 6.16. The van der Waals surface area contributed by atoms with Gasteiger partial charge in [0.15, 0.2) is 5.69 Å². The molecule has 120 valence electrons. The van der Waals surface area contributed by atoms with Crippen molar-refractivity contribution in [3.05, 3.63) is 64.8 Å². The van der Waals surface area contributed by atoms with Gasteiger partial charge in [-0.15, -0.1) is 10.2 Å². The number of benzene rings is 2.